The van der Waals surface area contributed by atoms with Crippen molar-refractivity contribution in [1.29, 1.82) is 0 Å². The van der Waals surface area contributed by atoms with Gasteiger partial charge in [-0.25, -0.2) is 0 Å². The highest BCUT2D eigenvalue weighted by Crippen LogP contribution is 2.77. The van der Waals surface area contributed by atoms with Crippen LogP contribution in [0.15, 0.2) is 12.2 Å². The van der Waals surface area contributed by atoms with E-state index in [1.165, 1.54) is 76.2 Å². The maximum Gasteiger partial charge on any atom is -0.0172 e. The average molecular weight is 411 g/mol. The predicted molar refractivity (Wildman–Crippen MR) is 129 cm³/mol. The van der Waals surface area contributed by atoms with Crippen molar-refractivity contribution in [3.63, 3.8) is 0 Å². The Hall–Kier alpha value is -0.260. The number of allylic oxidation sites excluding steroid dienone is 1. The number of hydrogen-bond acceptors (Lipinski definition) is 0. The van der Waals surface area contributed by atoms with Gasteiger partial charge in [0.25, 0.3) is 0 Å². The molecule has 0 amide bonds. The van der Waals surface area contributed by atoms with Gasteiger partial charge in [0.1, 0.15) is 0 Å². The summed E-state index contributed by atoms with van der Waals surface area (Å²) in [5.74, 6) is 4.51. The smallest absolute Gasteiger partial charge is 0.0172 e. The van der Waals surface area contributed by atoms with E-state index >= 15 is 0 Å². The third-order valence-electron chi connectivity index (χ3n) is 13.2. The maximum atomic E-state index is 4.50. The molecular formula is C30H50. The second-order valence-electron chi connectivity index (χ2n) is 14.7. The molecule has 0 unspecified atom stereocenters. The van der Waals surface area contributed by atoms with Crippen molar-refractivity contribution in [2.45, 2.75) is 119 Å². The van der Waals surface area contributed by atoms with Gasteiger partial charge in [0.05, 0.1) is 0 Å². The highest BCUT2D eigenvalue weighted by atomic mass is 14.7. The molecule has 170 valence electrons. The third-order valence-corrected chi connectivity index (χ3v) is 13.2. The van der Waals surface area contributed by atoms with Crippen LogP contribution in [-0.2, 0) is 0 Å². The summed E-state index contributed by atoms with van der Waals surface area (Å²) < 4.78 is 0. The molecule has 0 spiro atoms. The molecule has 0 aromatic rings. The Morgan fingerprint density at radius 1 is 0.700 bits per heavy atom. The highest BCUT2D eigenvalue weighted by Gasteiger charge is 2.69. The van der Waals surface area contributed by atoms with Crippen molar-refractivity contribution in [1.82, 2.24) is 0 Å². The molecule has 5 rings (SSSR count). The van der Waals surface area contributed by atoms with Crippen LogP contribution in [0.1, 0.15) is 119 Å². The van der Waals surface area contributed by atoms with E-state index in [1.54, 1.807) is 0 Å². The van der Waals surface area contributed by atoms with Gasteiger partial charge < -0.3 is 0 Å². The van der Waals surface area contributed by atoms with Crippen molar-refractivity contribution in [3.8, 4) is 0 Å². The van der Waals surface area contributed by atoms with Crippen molar-refractivity contribution in [2.24, 2.45) is 56.7 Å². The first-order valence-electron chi connectivity index (χ1n) is 13.5. The van der Waals surface area contributed by atoms with Gasteiger partial charge in [-0.3, -0.25) is 0 Å². The van der Waals surface area contributed by atoms with Crippen LogP contribution in [-0.4, -0.2) is 0 Å². The van der Waals surface area contributed by atoms with Crippen LogP contribution in [0.5, 0.6) is 0 Å². The van der Waals surface area contributed by atoms with E-state index in [4.69, 9.17) is 0 Å². The Labute approximate surface area is 188 Å². The first-order chi connectivity index (χ1) is 13.9. The molecule has 0 heterocycles. The average Bonchev–Trinajstić information content (AvgIpc) is 2.99. The summed E-state index contributed by atoms with van der Waals surface area (Å²) in [6.07, 6.45) is 16.2. The molecule has 0 nitrogen and oxygen atoms in total. The Bertz CT molecular complexity index is 730. The fraction of sp³-hybridized carbons (Fsp3) is 0.933. The van der Waals surface area contributed by atoms with Gasteiger partial charge >= 0.3 is 0 Å². The van der Waals surface area contributed by atoms with Crippen molar-refractivity contribution < 1.29 is 0 Å². The molecule has 5 aliphatic rings. The van der Waals surface area contributed by atoms with Crippen LogP contribution in [0.25, 0.3) is 0 Å². The van der Waals surface area contributed by atoms with Gasteiger partial charge in [0, 0.05) is 0 Å². The van der Waals surface area contributed by atoms with Crippen molar-refractivity contribution in [2.75, 3.05) is 0 Å². The minimum Gasteiger partial charge on any atom is -0.0998 e. The van der Waals surface area contributed by atoms with Gasteiger partial charge in [0.15, 0.2) is 0 Å². The SMILES string of the molecule is C=C(C)[C@@H]1CC[C@]2(C)CC[C@]3(C)[C@H](CC[C@@H]4[C@@]5(C)CCCC(C)(C)[C@@H]5CC[C@]43C)[C@@H]12. The summed E-state index contributed by atoms with van der Waals surface area (Å²) in [6.45, 7) is 23.0. The lowest BCUT2D eigenvalue weighted by Crippen LogP contribution is -2.65. The monoisotopic (exact) mass is 410 g/mol. The summed E-state index contributed by atoms with van der Waals surface area (Å²) in [4.78, 5) is 0. The number of hydrogen-bond donors (Lipinski definition) is 0. The van der Waals surface area contributed by atoms with Crippen molar-refractivity contribution in [3.05, 3.63) is 12.2 Å². The van der Waals surface area contributed by atoms with E-state index in [-0.39, 0.29) is 0 Å². The molecule has 5 fully saturated rings. The molecule has 5 saturated carbocycles. The van der Waals surface area contributed by atoms with Crippen LogP contribution >= 0.6 is 0 Å². The zero-order chi connectivity index (χ0) is 21.7. The zero-order valence-corrected chi connectivity index (χ0v) is 21.4. The summed E-state index contributed by atoms with van der Waals surface area (Å²) in [5.41, 5.74) is 4.28. The number of fused-ring (bicyclic) bond motifs is 7. The summed E-state index contributed by atoms with van der Waals surface area (Å²) >= 11 is 0. The van der Waals surface area contributed by atoms with Crippen LogP contribution in [0, 0.1) is 56.7 Å². The standard InChI is InChI=1S/C30H50/c1-20(2)21-12-16-27(5)18-19-29(7)22(25(21)27)10-11-24-28(6)15-9-14-26(3,4)23(28)13-17-30(24,29)8/h21-25H,1,9-19H2,2-8H3/t21-,22+,23-,24+,25+,27+,28-,29+,30+/m0/s1. The fourth-order valence-corrected chi connectivity index (χ4v) is 11.6. The van der Waals surface area contributed by atoms with E-state index in [9.17, 15) is 0 Å². The first kappa shape index (κ1) is 21.6. The molecule has 0 bridgehead atoms. The Kier molecular flexibility index (Phi) is 4.61. The molecule has 30 heavy (non-hydrogen) atoms. The lowest BCUT2D eigenvalue weighted by atomic mass is 9.32. The van der Waals surface area contributed by atoms with Gasteiger partial charge in [-0.2, -0.15) is 0 Å². The molecule has 0 heteroatoms. The summed E-state index contributed by atoms with van der Waals surface area (Å²) in [5, 5.41) is 0. The minimum absolute atomic E-state index is 0.535. The van der Waals surface area contributed by atoms with Crippen LogP contribution < -0.4 is 0 Å². The van der Waals surface area contributed by atoms with E-state index in [0.717, 1.165) is 29.6 Å². The summed E-state index contributed by atoms with van der Waals surface area (Å²) in [6, 6.07) is 0. The lowest BCUT2D eigenvalue weighted by molar-refractivity contribution is -0.235. The molecule has 0 aromatic heterocycles. The van der Waals surface area contributed by atoms with Crippen molar-refractivity contribution >= 4 is 0 Å². The molecule has 0 saturated heterocycles. The van der Waals surface area contributed by atoms with E-state index < -0.39 is 0 Å². The van der Waals surface area contributed by atoms with Crippen LogP contribution in [0.3, 0.4) is 0 Å². The number of rotatable bonds is 1. The maximum absolute atomic E-state index is 4.50. The fourth-order valence-electron chi connectivity index (χ4n) is 11.6. The van der Waals surface area contributed by atoms with Gasteiger partial charge in [-0.1, -0.05) is 60.1 Å². The van der Waals surface area contributed by atoms with Gasteiger partial charge in [-0.15, -0.1) is 0 Å². The molecule has 9 atom stereocenters. The molecule has 0 N–H and O–H groups in total. The van der Waals surface area contributed by atoms with E-state index in [2.05, 4.69) is 55.0 Å². The van der Waals surface area contributed by atoms with Gasteiger partial charge in [-0.05, 0) is 128 Å². The Morgan fingerprint density at radius 2 is 1.43 bits per heavy atom. The zero-order valence-electron chi connectivity index (χ0n) is 21.4. The summed E-state index contributed by atoms with van der Waals surface area (Å²) in [7, 11) is 0. The van der Waals surface area contributed by atoms with E-state index in [1.807, 2.05) is 0 Å². The Balaban J connectivity index is 1.55. The first-order valence-corrected chi connectivity index (χ1v) is 13.5. The molecule has 0 radical (unpaired) electrons. The molecular weight excluding hydrogens is 360 g/mol. The van der Waals surface area contributed by atoms with Crippen LogP contribution in [0.2, 0.25) is 0 Å². The largest absolute Gasteiger partial charge is 0.0998 e. The second kappa shape index (κ2) is 6.41. The minimum atomic E-state index is 0.535. The molecule has 5 aliphatic carbocycles. The quantitative estimate of drug-likeness (QED) is 0.378. The topological polar surface area (TPSA) is 0 Å². The Morgan fingerprint density at radius 3 is 2.13 bits per heavy atom. The highest BCUT2D eigenvalue weighted by molar-refractivity contribution is 5.20. The lowest BCUT2D eigenvalue weighted by Gasteiger charge is -2.72. The van der Waals surface area contributed by atoms with Crippen LogP contribution in [0.4, 0.5) is 0 Å². The molecule has 0 aromatic carbocycles. The van der Waals surface area contributed by atoms with Gasteiger partial charge in [0.2, 0.25) is 0 Å². The molecule has 0 aliphatic heterocycles. The predicted octanol–water partition coefficient (Wildman–Crippen LogP) is 9.05. The third kappa shape index (κ3) is 2.52. The normalized spacial score (nSPS) is 57.0. The second-order valence-corrected chi connectivity index (χ2v) is 14.7. The van der Waals surface area contributed by atoms with E-state index in [0.29, 0.717) is 27.1 Å².